The lowest BCUT2D eigenvalue weighted by molar-refractivity contribution is 0.0946. The molecule has 0 unspecified atom stereocenters. The summed E-state index contributed by atoms with van der Waals surface area (Å²) in [6, 6.07) is 26.9. The van der Waals surface area contributed by atoms with Gasteiger partial charge >= 0.3 is 0 Å². The summed E-state index contributed by atoms with van der Waals surface area (Å²) in [5.74, 6) is -0.661. The smallest absolute Gasteiger partial charge is 0.267 e. The Hall–Kier alpha value is -4.06. The van der Waals surface area contributed by atoms with Crippen molar-refractivity contribution in [3.05, 3.63) is 108 Å². The molecule has 0 radical (unpaired) electrons. The number of nitrogens with one attached hydrogen (secondary N) is 2. The number of nitrogens with zero attached hydrogens (tertiary/aromatic N) is 2. The van der Waals surface area contributed by atoms with Gasteiger partial charge in [0.15, 0.2) is 0 Å². The van der Waals surface area contributed by atoms with Crippen molar-refractivity contribution in [2.45, 2.75) is 6.92 Å². The highest BCUT2D eigenvalue weighted by molar-refractivity contribution is 6.47. The minimum atomic E-state index is -0.333. The summed E-state index contributed by atoms with van der Waals surface area (Å²) in [7, 11) is 0. The molecule has 3 rings (SSSR count). The van der Waals surface area contributed by atoms with E-state index in [0.717, 1.165) is 5.56 Å². The number of hydrogen-bond acceptors (Lipinski definition) is 4. The number of hydrazone groups is 2. The van der Waals surface area contributed by atoms with E-state index in [4.69, 9.17) is 0 Å². The molecule has 6 heteroatoms. The molecule has 0 aliphatic rings. The molecule has 29 heavy (non-hydrogen) atoms. The van der Waals surface area contributed by atoms with Crippen LogP contribution in [0.15, 0.2) is 101 Å². The van der Waals surface area contributed by atoms with Crippen LogP contribution in [0.3, 0.4) is 0 Å². The van der Waals surface area contributed by atoms with E-state index >= 15 is 0 Å². The fraction of sp³-hybridized carbons (Fsp3) is 0.0435. The van der Waals surface area contributed by atoms with Gasteiger partial charge in [-0.1, -0.05) is 66.7 Å². The van der Waals surface area contributed by atoms with Crippen LogP contribution in [0, 0.1) is 0 Å². The average molecular weight is 384 g/mol. The Balaban J connectivity index is 1.81. The first-order chi connectivity index (χ1) is 14.1. The minimum Gasteiger partial charge on any atom is -0.267 e. The predicted octanol–water partition coefficient (Wildman–Crippen LogP) is 3.63. The van der Waals surface area contributed by atoms with E-state index in [2.05, 4.69) is 21.1 Å². The van der Waals surface area contributed by atoms with Crippen molar-refractivity contribution in [2.75, 3.05) is 0 Å². The molecule has 6 nitrogen and oxygen atoms in total. The van der Waals surface area contributed by atoms with Crippen LogP contribution in [-0.4, -0.2) is 23.2 Å². The fourth-order valence-electron chi connectivity index (χ4n) is 2.55. The molecule has 0 bridgehead atoms. The lowest BCUT2D eigenvalue weighted by atomic mass is 10.1. The van der Waals surface area contributed by atoms with Crippen molar-refractivity contribution in [1.29, 1.82) is 0 Å². The summed E-state index contributed by atoms with van der Waals surface area (Å²) in [6.07, 6.45) is 0. The number of rotatable bonds is 6. The molecule has 0 aliphatic heterocycles. The molecule has 0 aromatic heterocycles. The van der Waals surface area contributed by atoms with Crippen LogP contribution in [0.2, 0.25) is 0 Å². The van der Waals surface area contributed by atoms with E-state index < -0.39 is 0 Å². The first-order valence-electron chi connectivity index (χ1n) is 9.03. The van der Waals surface area contributed by atoms with Crippen molar-refractivity contribution in [3.63, 3.8) is 0 Å². The molecule has 3 aromatic rings. The van der Waals surface area contributed by atoms with Gasteiger partial charge < -0.3 is 0 Å². The Kier molecular flexibility index (Phi) is 6.62. The van der Waals surface area contributed by atoms with Gasteiger partial charge in [0.25, 0.3) is 11.8 Å². The normalized spacial score (nSPS) is 11.6. The molecule has 2 amide bonds. The van der Waals surface area contributed by atoms with Crippen molar-refractivity contribution in [1.82, 2.24) is 10.9 Å². The monoisotopic (exact) mass is 384 g/mol. The molecular formula is C23H20N4O2. The van der Waals surface area contributed by atoms with Gasteiger partial charge in [-0.15, -0.1) is 0 Å². The van der Waals surface area contributed by atoms with Gasteiger partial charge in [0.05, 0.1) is 5.71 Å². The van der Waals surface area contributed by atoms with Crippen LogP contribution in [-0.2, 0) is 0 Å². The highest BCUT2D eigenvalue weighted by atomic mass is 16.2. The maximum absolute atomic E-state index is 12.3. The highest BCUT2D eigenvalue weighted by Crippen LogP contribution is 2.05. The van der Waals surface area contributed by atoms with Crippen LogP contribution in [0.5, 0.6) is 0 Å². The zero-order chi connectivity index (χ0) is 20.5. The van der Waals surface area contributed by atoms with E-state index in [1.54, 1.807) is 55.5 Å². The number of carbonyl (C=O) groups is 2. The van der Waals surface area contributed by atoms with Crippen LogP contribution in [0.25, 0.3) is 0 Å². The molecule has 0 spiro atoms. The van der Waals surface area contributed by atoms with Crippen molar-refractivity contribution in [2.24, 2.45) is 10.2 Å². The van der Waals surface area contributed by atoms with Crippen molar-refractivity contribution in [3.8, 4) is 0 Å². The summed E-state index contributed by atoms with van der Waals surface area (Å²) >= 11 is 0. The topological polar surface area (TPSA) is 82.9 Å². The van der Waals surface area contributed by atoms with Crippen LogP contribution < -0.4 is 10.9 Å². The van der Waals surface area contributed by atoms with E-state index in [0.29, 0.717) is 22.6 Å². The van der Waals surface area contributed by atoms with E-state index in [1.807, 2.05) is 42.5 Å². The van der Waals surface area contributed by atoms with Gasteiger partial charge in [-0.2, -0.15) is 10.2 Å². The SMILES string of the molecule is CC(=N\NC(=O)c1ccccc1)/C(=N/NC(=O)c1ccccc1)c1ccccc1. The largest absolute Gasteiger partial charge is 0.271 e. The number of benzene rings is 3. The second-order valence-corrected chi connectivity index (χ2v) is 6.14. The fourth-order valence-corrected chi connectivity index (χ4v) is 2.55. The maximum atomic E-state index is 12.3. The molecule has 0 saturated carbocycles. The van der Waals surface area contributed by atoms with Gasteiger partial charge in [-0.25, -0.2) is 10.9 Å². The third-order valence-electron chi connectivity index (χ3n) is 4.06. The van der Waals surface area contributed by atoms with Gasteiger partial charge in [-0.05, 0) is 31.2 Å². The Bertz CT molecular complexity index is 1030. The second kappa shape index (κ2) is 9.75. The molecule has 2 N–H and O–H groups in total. The first kappa shape index (κ1) is 19.7. The number of amides is 2. The van der Waals surface area contributed by atoms with E-state index in [9.17, 15) is 9.59 Å². The van der Waals surface area contributed by atoms with Crippen molar-refractivity contribution < 1.29 is 9.59 Å². The second-order valence-electron chi connectivity index (χ2n) is 6.14. The van der Waals surface area contributed by atoms with Gasteiger partial charge in [0.1, 0.15) is 5.71 Å². The Labute approximate surface area is 169 Å². The molecule has 0 saturated heterocycles. The third-order valence-corrected chi connectivity index (χ3v) is 4.06. The third kappa shape index (κ3) is 5.46. The number of hydrogen-bond donors (Lipinski definition) is 2. The minimum absolute atomic E-state index is 0.328. The predicted molar refractivity (Wildman–Crippen MR) is 114 cm³/mol. The molecule has 0 fully saturated rings. The number of carbonyl (C=O) groups excluding carboxylic acids is 2. The van der Waals surface area contributed by atoms with Crippen LogP contribution in [0.4, 0.5) is 0 Å². The van der Waals surface area contributed by atoms with E-state index in [1.165, 1.54) is 0 Å². The Morgan fingerprint density at radius 3 is 1.41 bits per heavy atom. The van der Waals surface area contributed by atoms with Gasteiger partial charge in [-0.3, -0.25) is 9.59 Å². The van der Waals surface area contributed by atoms with Crippen LogP contribution in [0.1, 0.15) is 33.2 Å². The Morgan fingerprint density at radius 1 is 0.586 bits per heavy atom. The summed E-state index contributed by atoms with van der Waals surface area (Å²) in [5, 5.41) is 8.42. The summed E-state index contributed by atoms with van der Waals surface area (Å²) in [5.41, 5.74) is 7.73. The first-order valence-corrected chi connectivity index (χ1v) is 9.03. The highest BCUT2D eigenvalue weighted by Gasteiger charge is 2.11. The summed E-state index contributed by atoms with van der Waals surface area (Å²) in [4.78, 5) is 24.6. The van der Waals surface area contributed by atoms with Gasteiger partial charge in [0.2, 0.25) is 0 Å². The average Bonchev–Trinajstić information content (AvgIpc) is 2.79. The quantitative estimate of drug-likeness (QED) is 0.503. The van der Waals surface area contributed by atoms with Gasteiger partial charge in [0, 0.05) is 16.7 Å². The molecule has 3 aromatic carbocycles. The molecule has 0 atom stereocenters. The lowest BCUT2D eigenvalue weighted by Gasteiger charge is -2.08. The Morgan fingerprint density at radius 2 is 0.966 bits per heavy atom. The lowest BCUT2D eigenvalue weighted by Crippen LogP contribution is -2.26. The van der Waals surface area contributed by atoms with E-state index in [-0.39, 0.29) is 11.8 Å². The molecule has 0 aliphatic carbocycles. The molecule has 144 valence electrons. The maximum Gasteiger partial charge on any atom is 0.271 e. The van der Waals surface area contributed by atoms with Crippen molar-refractivity contribution >= 4 is 23.2 Å². The molecular weight excluding hydrogens is 364 g/mol. The standard InChI is InChI=1S/C23H20N4O2/c1-17(24-26-22(28)19-13-7-3-8-14-19)21(18-11-5-2-6-12-18)25-27-23(29)20-15-9-4-10-16-20/h2-16H,1H3,(H,26,28)(H,27,29)/b24-17+,25-21-. The summed E-state index contributed by atoms with van der Waals surface area (Å²) < 4.78 is 0. The zero-order valence-electron chi connectivity index (χ0n) is 15.9. The zero-order valence-corrected chi connectivity index (χ0v) is 15.9. The summed E-state index contributed by atoms with van der Waals surface area (Å²) in [6.45, 7) is 1.71. The van der Waals surface area contributed by atoms with Crippen LogP contribution >= 0.6 is 0 Å². The molecule has 0 heterocycles.